The predicted molar refractivity (Wildman–Crippen MR) is 155 cm³/mol. The molecule has 0 fully saturated rings. The summed E-state index contributed by atoms with van der Waals surface area (Å²) in [5.74, 6) is -1.38. The van der Waals surface area contributed by atoms with Gasteiger partial charge in [-0.25, -0.2) is 0 Å². The van der Waals surface area contributed by atoms with Crippen LogP contribution in [-0.2, 0) is 28.6 Å². The van der Waals surface area contributed by atoms with Gasteiger partial charge in [0.15, 0.2) is 12.1 Å². The molecule has 0 aliphatic rings. The zero-order valence-corrected chi connectivity index (χ0v) is 24.6. The third kappa shape index (κ3) is 24.4. The van der Waals surface area contributed by atoms with Gasteiger partial charge in [-0.1, -0.05) is 90.9 Å². The lowest BCUT2D eigenvalue weighted by Crippen LogP contribution is -2.36. The Morgan fingerprint density at radius 2 is 1.15 bits per heavy atom. The van der Waals surface area contributed by atoms with E-state index in [-0.39, 0.29) is 31.6 Å². The molecule has 0 aliphatic heterocycles. The molecule has 0 amide bonds. The molecule has 0 saturated carbocycles. The maximum Gasteiger partial charge on any atom is 0.323 e. The Balaban J connectivity index is 4.55. The Hall–Kier alpha value is -2.36. The molecule has 2 atom stereocenters. The van der Waals surface area contributed by atoms with Crippen molar-refractivity contribution in [3.05, 3.63) is 0 Å². The van der Waals surface area contributed by atoms with Gasteiger partial charge in [0.25, 0.3) is 0 Å². The lowest BCUT2D eigenvalue weighted by molar-refractivity contribution is -0.167. The average Bonchev–Trinajstić information content (AvgIpc) is 2.91. The summed E-state index contributed by atoms with van der Waals surface area (Å²) < 4.78 is 16.1. The second-order valence-corrected chi connectivity index (χ2v) is 10.2. The molecule has 0 rings (SSSR count). The number of hydrogen-bond acceptors (Lipinski definition) is 8. The van der Waals surface area contributed by atoms with Crippen molar-refractivity contribution in [2.75, 3.05) is 19.8 Å². The number of carbonyl (C=O) groups is 3. The number of esters is 3. The van der Waals surface area contributed by atoms with Crippen LogP contribution in [0.3, 0.4) is 0 Å². The van der Waals surface area contributed by atoms with Crippen molar-refractivity contribution in [1.29, 1.82) is 0 Å². The molecule has 0 aromatic carbocycles. The molecule has 228 valence electrons. The molecule has 0 saturated heterocycles. The van der Waals surface area contributed by atoms with Crippen molar-refractivity contribution in [2.24, 2.45) is 22.2 Å². The Bertz CT molecular complexity index is 670. The number of unbranched alkanes of at least 4 members (excludes halogenated alkanes) is 12. The lowest BCUT2D eigenvalue weighted by atomic mass is 10.1. The summed E-state index contributed by atoms with van der Waals surface area (Å²) in [5, 5.41) is 0. The summed E-state index contributed by atoms with van der Waals surface area (Å²) in [6, 6.07) is -0.858. The molecular formula is C29H56N4O6. The number of guanidine groups is 1. The number of rotatable bonds is 26. The van der Waals surface area contributed by atoms with E-state index in [9.17, 15) is 14.4 Å². The van der Waals surface area contributed by atoms with Gasteiger partial charge in [0, 0.05) is 19.4 Å². The van der Waals surface area contributed by atoms with Crippen LogP contribution in [0.25, 0.3) is 0 Å². The first kappa shape index (κ1) is 36.6. The second kappa shape index (κ2) is 25.9. The summed E-state index contributed by atoms with van der Waals surface area (Å²) in [5.41, 5.74) is 16.5. The minimum absolute atomic E-state index is 0.0196. The van der Waals surface area contributed by atoms with Crippen LogP contribution in [0.5, 0.6) is 0 Å². The molecule has 0 unspecified atom stereocenters. The largest absolute Gasteiger partial charge is 0.462 e. The molecule has 0 aromatic rings. The first-order valence-electron chi connectivity index (χ1n) is 15.1. The molecule has 10 heteroatoms. The van der Waals surface area contributed by atoms with Crippen molar-refractivity contribution >= 4 is 23.9 Å². The van der Waals surface area contributed by atoms with Crippen LogP contribution in [0.15, 0.2) is 4.99 Å². The maximum atomic E-state index is 12.4. The summed E-state index contributed by atoms with van der Waals surface area (Å²) >= 11 is 0. The van der Waals surface area contributed by atoms with E-state index < -0.39 is 24.1 Å². The average molecular weight is 557 g/mol. The summed E-state index contributed by atoms with van der Waals surface area (Å²) in [4.78, 5) is 40.8. The van der Waals surface area contributed by atoms with Gasteiger partial charge in [0.05, 0.1) is 0 Å². The van der Waals surface area contributed by atoms with Crippen molar-refractivity contribution in [3.8, 4) is 0 Å². The van der Waals surface area contributed by atoms with Gasteiger partial charge in [0.2, 0.25) is 0 Å². The monoisotopic (exact) mass is 556 g/mol. The smallest absolute Gasteiger partial charge is 0.323 e. The minimum Gasteiger partial charge on any atom is -0.462 e. The zero-order valence-electron chi connectivity index (χ0n) is 24.6. The number of carbonyl (C=O) groups excluding carboxylic acids is 3. The SMILES string of the molecule is CCCCCCCCCC(=O)OC[C@@H](COC(=O)[C@@H](N)CCCN=C(N)N)OC(=O)CCCCCCCCC. The Morgan fingerprint density at radius 1 is 0.667 bits per heavy atom. The number of nitrogens with zero attached hydrogens (tertiary/aromatic N) is 1. The maximum absolute atomic E-state index is 12.4. The van der Waals surface area contributed by atoms with Crippen LogP contribution < -0.4 is 17.2 Å². The fourth-order valence-electron chi connectivity index (χ4n) is 3.99. The number of nitrogens with two attached hydrogens (primary N) is 3. The van der Waals surface area contributed by atoms with Gasteiger partial charge in [0.1, 0.15) is 19.3 Å². The van der Waals surface area contributed by atoms with Gasteiger partial charge in [-0.3, -0.25) is 19.4 Å². The molecule has 0 aliphatic carbocycles. The molecule has 0 spiro atoms. The highest BCUT2D eigenvalue weighted by molar-refractivity contribution is 5.76. The standard InChI is InChI=1S/C29H56N4O6/c1-3-5-7-9-11-13-15-19-26(34)37-22-24(39-27(35)20-16-14-12-10-8-6-4-2)23-38-28(36)25(30)18-17-21-33-29(31)32/h24-25H,3-23,30H2,1-2H3,(H4,31,32,33)/t24-,25-/m0/s1. The van der Waals surface area contributed by atoms with Gasteiger partial charge < -0.3 is 31.4 Å². The van der Waals surface area contributed by atoms with E-state index in [4.69, 9.17) is 31.4 Å². The van der Waals surface area contributed by atoms with Crippen LogP contribution in [0.1, 0.15) is 129 Å². The predicted octanol–water partition coefficient (Wildman–Crippen LogP) is 4.65. The van der Waals surface area contributed by atoms with Gasteiger partial charge in [-0.05, 0) is 25.7 Å². The molecule has 10 nitrogen and oxygen atoms in total. The third-order valence-corrected chi connectivity index (χ3v) is 6.38. The Labute approximate surface area is 236 Å². The second-order valence-electron chi connectivity index (χ2n) is 10.2. The topological polar surface area (TPSA) is 169 Å². The van der Waals surface area contributed by atoms with Gasteiger partial charge >= 0.3 is 17.9 Å². The molecule has 6 N–H and O–H groups in total. The molecule has 0 heterocycles. The van der Waals surface area contributed by atoms with Crippen LogP contribution in [0.2, 0.25) is 0 Å². The normalized spacial score (nSPS) is 12.4. The summed E-state index contributed by atoms with van der Waals surface area (Å²) in [6.07, 6.45) is 15.9. The third-order valence-electron chi connectivity index (χ3n) is 6.38. The van der Waals surface area contributed by atoms with E-state index in [2.05, 4.69) is 18.8 Å². The highest BCUT2D eigenvalue weighted by atomic mass is 16.6. The highest BCUT2D eigenvalue weighted by Gasteiger charge is 2.22. The van der Waals surface area contributed by atoms with E-state index >= 15 is 0 Å². The molecule has 39 heavy (non-hydrogen) atoms. The van der Waals surface area contributed by atoms with E-state index in [1.54, 1.807) is 0 Å². The quantitative estimate of drug-likeness (QED) is 0.0451. The first-order chi connectivity index (χ1) is 18.8. The van der Waals surface area contributed by atoms with Crippen LogP contribution in [0, 0.1) is 0 Å². The molecule has 0 aromatic heterocycles. The van der Waals surface area contributed by atoms with Crippen molar-refractivity contribution in [3.63, 3.8) is 0 Å². The first-order valence-corrected chi connectivity index (χ1v) is 15.1. The summed E-state index contributed by atoms with van der Waals surface area (Å²) in [6.45, 7) is 4.33. The fraction of sp³-hybridized carbons (Fsp3) is 0.862. The zero-order chi connectivity index (χ0) is 29.1. The number of hydrogen-bond donors (Lipinski definition) is 3. The van der Waals surface area contributed by atoms with Crippen LogP contribution in [-0.4, -0.2) is 55.8 Å². The van der Waals surface area contributed by atoms with E-state index in [0.29, 0.717) is 25.8 Å². The Morgan fingerprint density at radius 3 is 1.69 bits per heavy atom. The highest BCUT2D eigenvalue weighted by Crippen LogP contribution is 2.11. The number of ether oxygens (including phenoxy) is 3. The Kier molecular flexibility index (Phi) is 24.3. The lowest BCUT2D eigenvalue weighted by Gasteiger charge is -2.19. The van der Waals surface area contributed by atoms with Crippen molar-refractivity contribution < 1.29 is 28.6 Å². The van der Waals surface area contributed by atoms with Gasteiger partial charge in [-0.15, -0.1) is 0 Å². The van der Waals surface area contributed by atoms with E-state index in [1.807, 2.05) is 0 Å². The van der Waals surface area contributed by atoms with Crippen molar-refractivity contribution in [2.45, 2.75) is 142 Å². The van der Waals surface area contributed by atoms with Crippen LogP contribution in [0.4, 0.5) is 0 Å². The number of aliphatic imine (C=N–C) groups is 1. The summed E-state index contributed by atoms with van der Waals surface area (Å²) in [7, 11) is 0. The fourth-order valence-corrected chi connectivity index (χ4v) is 3.99. The van der Waals surface area contributed by atoms with E-state index in [1.165, 1.54) is 51.4 Å². The van der Waals surface area contributed by atoms with E-state index in [0.717, 1.165) is 38.5 Å². The van der Waals surface area contributed by atoms with Crippen molar-refractivity contribution in [1.82, 2.24) is 0 Å². The molecule has 0 bridgehead atoms. The van der Waals surface area contributed by atoms with Crippen LogP contribution >= 0.6 is 0 Å². The molecule has 0 radical (unpaired) electrons. The minimum atomic E-state index is -0.877. The molecular weight excluding hydrogens is 500 g/mol. The van der Waals surface area contributed by atoms with Gasteiger partial charge in [-0.2, -0.15) is 0 Å².